The molecule has 0 N–H and O–H groups in total. The molecule has 0 spiro atoms. The molecule has 3 aromatic heterocycles. The highest BCUT2D eigenvalue weighted by molar-refractivity contribution is 6.32. The van der Waals surface area contributed by atoms with Crippen molar-refractivity contribution in [2.24, 2.45) is 0 Å². The summed E-state index contributed by atoms with van der Waals surface area (Å²) < 4.78 is 8.75. The number of nitrogens with zero attached hydrogens (tertiary/aromatic N) is 3. The lowest BCUT2D eigenvalue weighted by Crippen LogP contribution is -2.03. The maximum atomic E-state index is 6.52. The third kappa shape index (κ3) is 3.17. The summed E-state index contributed by atoms with van der Waals surface area (Å²) in [5.74, 6) is 0.659. The van der Waals surface area contributed by atoms with Crippen LogP contribution in [0.4, 0.5) is 0 Å². The summed E-state index contributed by atoms with van der Waals surface area (Å²) in [5, 5.41) is 10.3. The molecule has 0 saturated heterocycles. The summed E-state index contributed by atoms with van der Waals surface area (Å²) in [5.41, 5.74) is 6.90. The minimum absolute atomic E-state index is 0.659. The van der Waals surface area contributed by atoms with Gasteiger partial charge in [0.05, 0.1) is 22.2 Å². The largest absolute Gasteiger partial charge is 0.455 e. The second kappa shape index (κ2) is 8.76. The van der Waals surface area contributed by atoms with Gasteiger partial charge in [-0.15, -0.1) is 0 Å². The average molecular weight is 562 g/mol. The van der Waals surface area contributed by atoms with Crippen LogP contribution in [0.2, 0.25) is 0 Å². The predicted molar refractivity (Wildman–Crippen MR) is 182 cm³/mol. The molecule has 44 heavy (non-hydrogen) atoms. The first-order chi connectivity index (χ1) is 21.8. The molecule has 7 aromatic carbocycles. The van der Waals surface area contributed by atoms with Gasteiger partial charge in [-0.2, -0.15) is 0 Å². The van der Waals surface area contributed by atoms with Crippen molar-refractivity contribution in [2.75, 3.05) is 0 Å². The van der Waals surface area contributed by atoms with Crippen molar-refractivity contribution < 1.29 is 4.42 Å². The highest BCUT2D eigenvalue weighted by atomic mass is 16.3. The molecule has 0 unspecified atom stereocenters. The number of fused-ring (bicyclic) bond motifs is 12. The van der Waals surface area contributed by atoms with E-state index in [-0.39, 0.29) is 0 Å². The van der Waals surface area contributed by atoms with Crippen molar-refractivity contribution >= 4 is 76.2 Å². The van der Waals surface area contributed by atoms with E-state index in [1.54, 1.807) is 0 Å². The molecule has 0 atom stereocenters. The van der Waals surface area contributed by atoms with Gasteiger partial charge in [0.1, 0.15) is 11.2 Å². The molecule has 0 saturated carbocycles. The predicted octanol–water partition coefficient (Wildman–Crippen LogP) is 10.6. The molecule has 10 rings (SSSR count). The lowest BCUT2D eigenvalue weighted by atomic mass is 9.95. The van der Waals surface area contributed by atoms with Crippen LogP contribution in [0.25, 0.3) is 93.4 Å². The van der Waals surface area contributed by atoms with Gasteiger partial charge in [0.15, 0.2) is 0 Å². The third-order valence-corrected chi connectivity index (χ3v) is 8.98. The molecule has 0 fully saturated rings. The van der Waals surface area contributed by atoms with Crippen LogP contribution in [0.3, 0.4) is 0 Å². The summed E-state index contributed by atoms with van der Waals surface area (Å²) in [6.45, 7) is 0. The zero-order valence-electron chi connectivity index (χ0n) is 23.5. The summed E-state index contributed by atoms with van der Waals surface area (Å²) >= 11 is 0. The van der Waals surface area contributed by atoms with Gasteiger partial charge in [-0.25, -0.2) is 9.97 Å². The number of para-hydroxylation sites is 3. The SMILES string of the molecule is c1ccc(-c2nc(-n3c4ccccc4c4cc5c(cc43)c3ccccc3c3oc4ccccc4c53)nc3ccccc23)cc1. The number of hydrogen-bond donors (Lipinski definition) is 0. The Morgan fingerprint density at radius 2 is 1.14 bits per heavy atom. The molecular weight excluding hydrogens is 538 g/mol. The van der Waals surface area contributed by atoms with Gasteiger partial charge in [0.25, 0.3) is 0 Å². The topological polar surface area (TPSA) is 43.9 Å². The Morgan fingerprint density at radius 3 is 2.00 bits per heavy atom. The highest BCUT2D eigenvalue weighted by Gasteiger charge is 2.21. The fourth-order valence-corrected chi connectivity index (χ4v) is 7.06. The van der Waals surface area contributed by atoms with E-state index in [0.717, 1.165) is 76.7 Å². The monoisotopic (exact) mass is 561 g/mol. The van der Waals surface area contributed by atoms with Crippen LogP contribution in [0.5, 0.6) is 0 Å². The number of benzene rings is 7. The van der Waals surface area contributed by atoms with E-state index in [2.05, 4.69) is 126 Å². The van der Waals surface area contributed by atoms with Crippen molar-refractivity contribution in [2.45, 2.75) is 0 Å². The first kappa shape index (κ1) is 23.6. The molecule has 3 heterocycles. The van der Waals surface area contributed by atoms with Crippen LogP contribution in [0.1, 0.15) is 0 Å². The maximum absolute atomic E-state index is 6.52. The van der Waals surface area contributed by atoms with Gasteiger partial charge in [-0.3, -0.25) is 4.57 Å². The quantitative estimate of drug-likeness (QED) is 0.197. The van der Waals surface area contributed by atoms with Crippen molar-refractivity contribution in [1.29, 1.82) is 0 Å². The summed E-state index contributed by atoms with van der Waals surface area (Å²) in [6.07, 6.45) is 0. The first-order valence-electron chi connectivity index (χ1n) is 14.8. The number of rotatable bonds is 2. The molecule has 0 aliphatic heterocycles. The molecule has 10 aromatic rings. The Balaban J connectivity index is 1.40. The molecule has 0 bridgehead atoms. The average Bonchev–Trinajstić information content (AvgIpc) is 3.64. The van der Waals surface area contributed by atoms with Crippen LogP contribution in [-0.4, -0.2) is 14.5 Å². The van der Waals surface area contributed by atoms with Crippen LogP contribution in [0.15, 0.2) is 144 Å². The maximum Gasteiger partial charge on any atom is 0.235 e. The summed E-state index contributed by atoms with van der Waals surface area (Å²) in [6, 6.07) is 48.8. The Bertz CT molecular complexity index is 2770. The van der Waals surface area contributed by atoms with E-state index in [1.165, 1.54) is 10.8 Å². The minimum Gasteiger partial charge on any atom is -0.455 e. The Labute approximate surface area is 251 Å². The molecule has 204 valence electrons. The van der Waals surface area contributed by atoms with E-state index < -0.39 is 0 Å². The van der Waals surface area contributed by atoms with E-state index >= 15 is 0 Å². The van der Waals surface area contributed by atoms with Gasteiger partial charge in [-0.1, -0.05) is 109 Å². The second-order valence-electron chi connectivity index (χ2n) is 11.4. The van der Waals surface area contributed by atoms with Crippen LogP contribution in [-0.2, 0) is 0 Å². The van der Waals surface area contributed by atoms with Crippen molar-refractivity contribution in [3.63, 3.8) is 0 Å². The fraction of sp³-hybridized carbons (Fsp3) is 0. The fourth-order valence-electron chi connectivity index (χ4n) is 7.06. The molecule has 0 radical (unpaired) electrons. The third-order valence-electron chi connectivity index (χ3n) is 8.98. The highest BCUT2D eigenvalue weighted by Crippen LogP contribution is 2.44. The molecule has 0 aliphatic rings. The number of furan rings is 1. The first-order valence-corrected chi connectivity index (χ1v) is 14.8. The zero-order chi connectivity index (χ0) is 28.8. The Hall–Kier alpha value is -6.00. The van der Waals surface area contributed by atoms with Crippen molar-refractivity contribution in [3.05, 3.63) is 140 Å². The van der Waals surface area contributed by atoms with E-state index in [0.29, 0.717) is 5.95 Å². The molecule has 4 nitrogen and oxygen atoms in total. The standard InChI is InChI=1S/C40H23N3O/c1-2-12-24(13-3-1)38-28-17-6-9-19-33(28)41-40(42-38)43-34-20-10-7-15-26(34)31-22-32-30(23-35(31)43)25-14-4-5-16-27(25)39-37(32)29-18-8-11-21-36(29)44-39/h1-23H. The van der Waals surface area contributed by atoms with Gasteiger partial charge < -0.3 is 4.42 Å². The Kier molecular flexibility index (Phi) is 4.69. The second-order valence-corrected chi connectivity index (χ2v) is 11.4. The van der Waals surface area contributed by atoms with Gasteiger partial charge in [0, 0.05) is 37.9 Å². The lowest BCUT2D eigenvalue weighted by molar-refractivity contribution is 0.673. The van der Waals surface area contributed by atoms with Gasteiger partial charge >= 0.3 is 0 Å². The number of aromatic nitrogens is 3. The normalized spacial score (nSPS) is 12.1. The number of hydrogen-bond acceptors (Lipinski definition) is 3. The van der Waals surface area contributed by atoms with Crippen LogP contribution < -0.4 is 0 Å². The van der Waals surface area contributed by atoms with Crippen LogP contribution >= 0.6 is 0 Å². The Morgan fingerprint density at radius 1 is 0.455 bits per heavy atom. The zero-order valence-corrected chi connectivity index (χ0v) is 23.5. The lowest BCUT2D eigenvalue weighted by Gasteiger charge is -2.12. The van der Waals surface area contributed by atoms with E-state index in [9.17, 15) is 0 Å². The molecule has 0 amide bonds. The van der Waals surface area contributed by atoms with E-state index in [1.807, 2.05) is 18.2 Å². The van der Waals surface area contributed by atoms with E-state index in [4.69, 9.17) is 14.4 Å². The van der Waals surface area contributed by atoms with Gasteiger partial charge in [-0.05, 0) is 46.5 Å². The molecule has 0 aliphatic carbocycles. The van der Waals surface area contributed by atoms with Crippen molar-refractivity contribution in [3.8, 4) is 17.2 Å². The summed E-state index contributed by atoms with van der Waals surface area (Å²) in [4.78, 5) is 10.4. The minimum atomic E-state index is 0.659. The molecule has 4 heteroatoms. The van der Waals surface area contributed by atoms with Crippen molar-refractivity contribution in [1.82, 2.24) is 14.5 Å². The van der Waals surface area contributed by atoms with Gasteiger partial charge in [0.2, 0.25) is 5.95 Å². The summed E-state index contributed by atoms with van der Waals surface area (Å²) in [7, 11) is 0. The van der Waals surface area contributed by atoms with Crippen LogP contribution in [0, 0.1) is 0 Å². The smallest absolute Gasteiger partial charge is 0.235 e. The molecular formula is C40H23N3O.